The Balaban J connectivity index is 1.46. The maximum Gasteiger partial charge on any atom is 0.322 e. The number of benzene rings is 2. The zero-order valence-electron chi connectivity index (χ0n) is 19.1. The van der Waals surface area contributed by atoms with Crippen LogP contribution in [-0.2, 0) is 10.3 Å². The van der Waals surface area contributed by atoms with Crippen molar-refractivity contribution in [1.29, 1.82) is 0 Å². The molecular weight excluding hydrogens is 404 g/mol. The molecule has 0 aliphatic carbocycles. The lowest BCUT2D eigenvalue weighted by molar-refractivity contribution is -0.125. The molecule has 0 saturated carbocycles. The predicted octanol–water partition coefficient (Wildman–Crippen LogP) is 2.96. The molecule has 2 aliphatic heterocycles. The monoisotopic (exact) mass is 434 g/mol. The second-order valence-electron chi connectivity index (χ2n) is 8.95. The molecule has 0 spiro atoms. The lowest BCUT2D eigenvalue weighted by Crippen LogP contribution is -2.49. The minimum atomic E-state index is -1.12. The molecule has 0 bridgehead atoms. The van der Waals surface area contributed by atoms with Crippen LogP contribution < -0.4 is 15.5 Å². The summed E-state index contributed by atoms with van der Waals surface area (Å²) in [4.78, 5) is 41.6. The van der Waals surface area contributed by atoms with Crippen molar-refractivity contribution in [3.8, 4) is 0 Å². The fraction of sp³-hybridized carbons (Fsp3) is 0.400. The molecule has 7 nitrogen and oxygen atoms in total. The van der Waals surface area contributed by atoms with Crippen molar-refractivity contribution in [2.75, 3.05) is 31.1 Å². The quantitative estimate of drug-likeness (QED) is 0.725. The van der Waals surface area contributed by atoms with Gasteiger partial charge in [0.15, 0.2) is 0 Å². The molecule has 168 valence electrons. The average molecular weight is 435 g/mol. The van der Waals surface area contributed by atoms with E-state index in [1.165, 1.54) is 16.8 Å². The summed E-state index contributed by atoms with van der Waals surface area (Å²) in [5.41, 5.74) is 3.93. The van der Waals surface area contributed by atoms with Crippen molar-refractivity contribution >= 4 is 23.5 Å². The number of nitrogens with zero attached hydrogens (tertiary/aromatic N) is 2. The molecule has 2 saturated heterocycles. The van der Waals surface area contributed by atoms with Gasteiger partial charge in [-0.3, -0.25) is 14.9 Å². The van der Waals surface area contributed by atoms with Crippen molar-refractivity contribution < 1.29 is 14.4 Å². The van der Waals surface area contributed by atoms with E-state index in [-0.39, 0.29) is 17.7 Å². The number of piperazine rings is 1. The summed E-state index contributed by atoms with van der Waals surface area (Å²) in [5, 5.41) is 5.11. The Labute approximate surface area is 188 Å². The van der Waals surface area contributed by atoms with E-state index in [0.717, 1.165) is 13.1 Å². The lowest BCUT2D eigenvalue weighted by Gasteiger charge is -2.37. The van der Waals surface area contributed by atoms with Crippen LogP contribution in [0, 0.1) is 19.8 Å². The van der Waals surface area contributed by atoms with Gasteiger partial charge in [0.2, 0.25) is 0 Å². The molecule has 4 amide bonds. The molecule has 0 aromatic heterocycles. The molecular formula is C25H30N4O3. The zero-order valence-corrected chi connectivity index (χ0v) is 19.1. The normalized spacial score (nSPS) is 21.0. The van der Waals surface area contributed by atoms with Crippen molar-refractivity contribution in [2.45, 2.75) is 33.2 Å². The van der Waals surface area contributed by atoms with Gasteiger partial charge in [-0.1, -0.05) is 38.1 Å². The average Bonchev–Trinajstić information content (AvgIpc) is 3.10. The Hall–Kier alpha value is -3.35. The molecule has 2 aromatic rings. The summed E-state index contributed by atoms with van der Waals surface area (Å²) >= 11 is 0. The number of hydrogen-bond donors (Lipinski definition) is 2. The molecule has 2 heterocycles. The van der Waals surface area contributed by atoms with Crippen LogP contribution in [0.3, 0.4) is 0 Å². The number of amides is 4. The highest BCUT2D eigenvalue weighted by Crippen LogP contribution is 2.33. The molecule has 7 heteroatoms. The SMILES string of the molecule is Cc1cccc(N2CCN(C(=O)c3ccc([C@@]4(C(C)C)NC(=O)NC4=O)cc3)CC2)c1C. The van der Waals surface area contributed by atoms with Gasteiger partial charge in [0.25, 0.3) is 11.8 Å². The maximum absolute atomic E-state index is 13.1. The van der Waals surface area contributed by atoms with E-state index < -0.39 is 11.6 Å². The highest BCUT2D eigenvalue weighted by Gasteiger charge is 2.50. The van der Waals surface area contributed by atoms with E-state index in [1.54, 1.807) is 24.3 Å². The number of nitrogens with one attached hydrogen (secondary N) is 2. The van der Waals surface area contributed by atoms with Crippen LogP contribution in [-0.4, -0.2) is 48.9 Å². The first-order valence-corrected chi connectivity index (χ1v) is 11.1. The Morgan fingerprint density at radius 2 is 1.62 bits per heavy atom. The van der Waals surface area contributed by atoms with Crippen molar-refractivity contribution in [1.82, 2.24) is 15.5 Å². The van der Waals surface area contributed by atoms with Gasteiger partial charge in [-0.15, -0.1) is 0 Å². The molecule has 1 atom stereocenters. The molecule has 2 aromatic carbocycles. The van der Waals surface area contributed by atoms with E-state index in [9.17, 15) is 14.4 Å². The van der Waals surface area contributed by atoms with E-state index in [4.69, 9.17) is 0 Å². The van der Waals surface area contributed by atoms with E-state index in [0.29, 0.717) is 24.2 Å². The van der Waals surface area contributed by atoms with Crippen LogP contribution in [0.15, 0.2) is 42.5 Å². The fourth-order valence-electron chi connectivity index (χ4n) is 4.70. The van der Waals surface area contributed by atoms with Crippen molar-refractivity contribution in [2.24, 2.45) is 5.92 Å². The number of rotatable bonds is 4. The first-order valence-electron chi connectivity index (χ1n) is 11.1. The number of hydrogen-bond acceptors (Lipinski definition) is 4. The van der Waals surface area contributed by atoms with Gasteiger partial charge in [0.1, 0.15) is 5.54 Å². The summed E-state index contributed by atoms with van der Waals surface area (Å²) in [7, 11) is 0. The summed E-state index contributed by atoms with van der Waals surface area (Å²) in [6.07, 6.45) is 0. The predicted molar refractivity (Wildman–Crippen MR) is 124 cm³/mol. The van der Waals surface area contributed by atoms with Gasteiger partial charge in [0.05, 0.1) is 0 Å². The molecule has 2 N–H and O–H groups in total. The van der Waals surface area contributed by atoms with Crippen LogP contribution in [0.25, 0.3) is 0 Å². The summed E-state index contributed by atoms with van der Waals surface area (Å²) in [6.45, 7) is 10.9. The number of carbonyl (C=O) groups is 3. The number of urea groups is 1. The number of anilines is 1. The standard InChI is InChI=1S/C25H30N4O3/c1-16(2)25(23(31)26-24(32)27-25)20-10-8-19(9-11-20)22(30)29-14-12-28(13-15-29)21-7-5-6-17(3)18(21)4/h5-11,16H,12-15H2,1-4H3,(H2,26,27,31,32)/t25-/m1/s1. The van der Waals surface area contributed by atoms with Crippen LogP contribution in [0.4, 0.5) is 10.5 Å². The summed E-state index contributed by atoms with van der Waals surface area (Å²) in [6, 6.07) is 12.9. The summed E-state index contributed by atoms with van der Waals surface area (Å²) < 4.78 is 0. The van der Waals surface area contributed by atoms with Gasteiger partial charge in [-0.25, -0.2) is 4.79 Å². The van der Waals surface area contributed by atoms with Crippen LogP contribution in [0.1, 0.15) is 40.9 Å². The summed E-state index contributed by atoms with van der Waals surface area (Å²) in [5.74, 6) is -0.525. The van der Waals surface area contributed by atoms with Crippen LogP contribution in [0.2, 0.25) is 0 Å². The topological polar surface area (TPSA) is 81.8 Å². The minimum absolute atomic E-state index is 0.0179. The Morgan fingerprint density at radius 1 is 0.969 bits per heavy atom. The maximum atomic E-state index is 13.1. The largest absolute Gasteiger partial charge is 0.368 e. The van der Waals surface area contributed by atoms with E-state index >= 15 is 0 Å². The number of imide groups is 1. The van der Waals surface area contributed by atoms with Gasteiger partial charge in [0, 0.05) is 37.4 Å². The van der Waals surface area contributed by atoms with E-state index in [2.05, 4.69) is 47.6 Å². The highest BCUT2D eigenvalue weighted by molar-refractivity contribution is 6.07. The number of aryl methyl sites for hydroxylation is 1. The molecule has 32 heavy (non-hydrogen) atoms. The van der Waals surface area contributed by atoms with Crippen LogP contribution >= 0.6 is 0 Å². The first kappa shape index (κ1) is 21.9. The third-order valence-corrected chi connectivity index (χ3v) is 6.83. The molecule has 2 fully saturated rings. The molecule has 0 unspecified atom stereocenters. The fourth-order valence-corrected chi connectivity index (χ4v) is 4.70. The second kappa shape index (κ2) is 8.30. The number of carbonyl (C=O) groups excluding carboxylic acids is 3. The van der Waals surface area contributed by atoms with Gasteiger partial charge < -0.3 is 15.1 Å². The molecule has 2 aliphatic rings. The zero-order chi connectivity index (χ0) is 23.0. The lowest BCUT2D eigenvalue weighted by atomic mass is 9.79. The van der Waals surface area contributed by atoms with Gasteiger partial charge in [-0.05, 0) is 54.7 Å². The first-order chi connectivity index (χ1) is 15.2. The smallest absolute Gasteiger partial charge is 0.322 e. The third kappa shape index (κ3) is 3.61. The van der Waals surface area contributed by atoms with E-state index in [1.807, 2.05) is 18.7 Å². The molecule has 0 radical (unpaired) electrons. The van der Waals surface area contributed by atoms with Crippen LogP contribution in [0.5, 0.6) is 0 Å². The second-order valence-corrected chi connectivity index (χ2v) is 8.95. The Bertz CT molecular complexity index is 1060. The van der Waals surface area contributed by atoms with Crippen molar-refractivity contribution in [3.05, 3.63) is 64.7 Å². The Kier molecular flexibility index (Phi) is 5.67. The minimum Gasteiger partial charge on any atom is -0.368 e. The molecule has 4 rings (SSSR count). The third-order valence-electron chi connectivity index (χ3n) is 6.83. The highest BCUT2D eigenvalue weighted by atomic mass is 16.2. The van der Waals surface area contributed by atoms with Gasteiger partial charge >= 0.3 is 6.03 Å². The van der Waals surface area contributed by atoms with Crippen molar-refractivity contribution in [3.63, 3.8) is 0 Å². The Morgan fingerprint density at radius 3 is 2.19 bits per heavy atom. The van der Waals surface area contributed by atoms with Gasteiger partial charge in [-0.2, -0.15) is 0 Å².